The molecule has 0 saturated carbocycles. The van der Waals surface area contributed by atoms with E-state index in [4.69, 9.17) is 21.1 Å². The van der Waals surface area contributed by atoms with Gasteiger partial charge in [-0.25, -0.2) is 0 Å². The number of carbonyl (C=O) groups is 3. The Morgan fingerprint density at radius 2 is 1.60 bits per heavy atom. The largest absolute Gasteiger partial charge is 0.497 e. The van der Waals surface area contributed by atoms with E-state index in [9.17, 15) is 14.4 Å². The van der Waals surface area contributed by atoms with Gasteiger partial charge in [0.15, 0.2) is 0 Å². The molecule has 43 heavy (non-hydrogen) atoms. The average molecular weight is 616 g/mol. The summed E-state index contributed by atoms with van der Waals surface area (Å²) in [5.74, 6) is 0.0140. The first-order valence-electron chi connectivity index (χ1n) is 13.2. The lowest BCUT2D eigenvalue weighted by Crippen LogP contribution is -2.30. The minimum atomic E-state index is -0.543. The van der Waals surface area contributed by atoms with Crippen molar-refractivity contribution in [2.75, 3.05) is 30.6 Å². The molecule has 220 valence electrons. The number of amides is 3. The third kappa shape index (κ3) is 8.88. The standard InChI is InChI=1S/C33H30ClN3O5S/c1-21-12-14-25(18-28(21)34)35-31(38)20-43-27-11-7-10-24(17-27)36-33(40)29(37-32(39)22-8-5-4-6-9-22)16-23-13-15-26(41-2)19-30(23)42-3/h4-19H,20H2,1-3H3,(H,35,38)(H,36,40)(H,37,39)/b29-16+. The minimum absolute atomic E-state index is 0.00603. The third-order valence-electron chi connectivity index (χ3n) is 6.19. The van der Waals surface area contributed by atoms with E-state index >= 15 is 0 Å². The smallest absolute Gasteiger partial charge is 0.272 e. The maximum Gasteiger partial charge on any atom is 0.272 e. The number of benzene rings is 4. The molecule has 0 atom stereocenters. The molecule has 0 unspecified atom stereocenters. The SMILES string of the molecule is COc1ccc(/C=C(/NC(=O)c2ccccc2)C(=O)Nc2cccc(SCC(=O)Nc3ccc(C)c(Cl)c3)c2)c(OC)c1. The number of thioether (sulfide) groups is 1. The molecule has 0 fully saturated rings. The zero-order valence-corrected chi connectivity index (χ0v) is 25.3. The molecule has 0 aliphatic heterocycles. The maximum absolute atomic E-state index is 13.5. The summed E-state index contributed by atoms with van der Waals surface area (Å²) in [6.07, 6.45) is 1.54. The first-order valence-corrected chi connectivity index (χ1v) is 14.5. The minimum Gasteiger partial charge on any atom is -0.497 e. The molecule has 8 nitrogen and oxygen atoms in total. The number of hydrogen-bond donors (Lipinski definition) is 3. The van der Waals surface area contributed by atoms with Crippen LogP contribution in [0.3, 0.4) is 0 Å². The normalized spacial score (nSPS) is 10.9. The lowest BCUT2D eigenvalue weighted by Gasteiger charge is -2.13. The molecule has 0 radical (unpaired) electrons. The number of ether oxygens (including phenoxy) is 2. The Hall–Kier alpha value is -4.73. The van der Waals surface area contributed by atoms with Gasteiger partial charge in [0.2, 0.25) is 5.91 Å². The van der Waals surface area contributed by atoms with Crippen LogP contribution in [0.5, 0.6) is 11.5 Å². The Labute approximate surface area is 259 Å². The van der Waals surface area contributed by atoms with Crippen molar-refractivity contribution in [1.82, 2.24) is 5.32 Å². The van der Waals surface area contributed by atoms with Crippen LogP contribution in [0.25, 0.3) is 6.08 Å². The summed E-state index contributed by atoms with van der Waals surface area (Å²) in [5, 5.41) is 8.98. The van der Waals surface area contributed by atoms with Crippen molar-refractivity contribution in [2.24, 2.45) is 0 Å². The maximum atomic E-state index is 13.5. The van der Waals surface area contributed by atoms with Crippen molar-refractivity contribution < 1.29 is 23.9 Å². The zero-order valence-electron chi connectivity index (χ0n) is 23.8. The molecule has 10 heteroatoms. The van der Waals surface area contributed by atoms with Crippen molar-refractivity contribution in [1.29, 1.82) is 0 Å². The Kier molecular flexibility index (Phi) is 10.9. The van der Waals surface area contributed by atoms with Crippen molar-refractivity contribution in [3.8, 4) is 11.5 Å². The first-order chi connectivity index (χ1) is 20.7. The van der Waals surface area contributed by atoms with E-state index < -0.39 is 11.8 Å². The molecule has 0 aromatic heterocycles. The van der Waals surface area contributed by atoms with E-state index in [2.05, 4.69) is 16.0 Å². The van der Waals surface area contributed by atoms with Gasteiger partial charge in [-0.1, -0.05) is 41.9 Å². The highest BCUT2D eigenvalue weighted by Gasteiger charge is 2.17. The number of anilines is 2. The summed E-state index contributed by atoms with van der Waals surface area (Å²) >= 11 is 7.47. The molecule has 0 aliphatic carbocycles. The fraction of sp³-hybridized carbons (Fsp3) is 0.121. The van der Waals surface area contributed by atoms with E-state index in [1.165, 1.54) is 24.9 Å². The van der Waals surface area contributed by atoms with E-state index in [0.717, 1.165) is 10.5 Å². The van der Waals surface area contributed by atoms with Crippen LogP contribution >= 0.6 is 23.4 Å². The van der Waals surface area contributed by atoms with Gasteiger partial charge in [-0.3, -0.25) is 14.4 Å². The van der Waals surface area contributed by atoms with Gasteiger partial charge in [0.05, 0.1) is 20.0 Å². The van der Waals surface area contributed by atoms with Crippen molar-refractivity contribution in [2.45, 2.75) is 11.8 Å². The van der Waals surface area contributed by atoms with E-state index in [1.54, 1.807) is 86.0 Å². The third-order valence-corrected chi connectivity index (χ3v) is 7.59. The van der Waals surface area contributed by atoms with Gasteiger partial charge in [0, 0.05) is 38.5 Å². The summed E-state index contributed by atoms with van der Waals surface area (Å²) in [4.78, 5) is 39.8. The molecule has 3 amide bonds. The van der Waals surface area contributed by atoms with Gasteiger partial charge < -0.3 is 25.4 Å². The van der Waals surface area contributed by atoms with Crippen molar-refractivity contribution in [3.63, 3.8) is 0 Å². The summed E-state index contributed by atoms with van der Waals surface area (Å²) in [7, 11) is 3.05. The number of carbonyl (C=O) groups excluding carboxylic acids is 3. The molecule has 0 saturated heterocycles. The predicted molar refractivity (Wildman–Crippen MR) is 172 cm³/mol. The lowest BCUT2D eigenvalue weighted by atomic mass is 10.1. The molecule has 4 aromatic rings. The summed E-state index contributed by atoms with van der Waals surface area (Å²) in [5.41, 5.74) is 2.99. The van der Waals surface area contributed by atoms with Crippen molar-refractivity contribution >= 4 is 58.5 Å². The fourth-order valence-electron chi connectivity index (χ4n) is 3.91. The van der Waals surface area contributed by atoms with Gasteiger partial charge in [0.1, 0.15) is 17.2 Å². The van der Waals surface area contributed by atoms with Crippen molar-refractivity contribution in [3.05, 3.63) is 118 Å². The quantitative estimate of drug-likeness (QED) is 0.126. The molecule has 0 aliphatic rings. The average Bonchev–Trinajstić information content (AvgIpc) is 3.02. The van der Waals surface area contributed by atoms with Crippen LogP contribution in [0.1, 0.15) is 21.5 Å². The van der Waals surface area contributed by atoms with Crippen LogP contribution in [0.4, 0.5) is 11.4 Å². The lowest BCUT2D eigenvalue weighted by molar-refractivity contribution is -0.114. The highest BCUT2D eigenvalue weighted by Crippen LogP contribution is 2.27. The summed E-state index contributed by atoms with van der Waals surface area (Å²) < 4.78 is 10.7. The number of hydrogen-bond acceptors (Lipinski definition) is 6. The monoisotopic (exact) mass is 615 g/mol. The van der Waals surface area contributed by atoms with Crippen LogP contribution in [0.15, 0.2) is 102 Å². The molecule has 0 spiro atoms. The van der Waals surface area contributed by atoms with Crippen LogP contribution < -0.4 is 25.4 Å². The Morgan fingerprint density at radius 3 is 2.33 bits per heavy atom. The Balaban J connectivity index is 1.50. The van der Waals surface area contributed by atoms with Crippen LogP contribution in [-0.4, -0.2) is 37.7 Å². The molecule has 4 rings (SSSR count). The molecule has 3 N–H and O–H groups in total. The number of aryl methyl sites for hydroxylation is 1. The second-order valence-corrected chi connectivity index (χ2v) is 10.7. The topological polar surface area (TPSA) is 106 Å². The van der Waals surface area contributed by atoms with E-state index in [-0.39, 0.29) is 17.4 Å². The number of nitrogens with one attached hydrogen (secondary N) is 3. The zero-order chi connectivity index (χ0) is 30.8. The predicted octanol–water partition coefficient (Wildman–Crippen LogP) is 6.81. The molecule has 4 aromatic carbocycles. The fourth-order valence-corrected chi connectivity index (χ4v) is 4.85. The van der Waals surface area contributed by atoms with Gasteiger partial charge in [-0.15, -0.1) is 11.8 Å². The second-order valence-electron chi connectivity index (χ2n) is 9.27. The number of halogens is 1. The van der Waals surface area contributed by atoms with Gasteiger partial charge in [-0.05, 0) is 73.2 Å². The van der Waals surface area contributed by atoms with Crippen LogP contribution in [0.2, 0.25) is 5.02 Å². The Morgan fingerprint density at radius 1 is 0.837 bits per heavy atom. The molecule has 0 bridgehead atoms. The van der Waals surface area contributed by atoms with Crippen LogP contribution in [-0.2, 0) is 9.59 Å². The van der Waals surface area contributed by atoms with Crippen LogP contribution in [0, 0.1) is 6.92 Å². The highest BCUT2D eigenvalue weighted by atomic mass is 35.5. The van der Waals surface area contributed by atoms with E-state index in [1.807, 2.05) is 19.1 Å². The molecular formula is C33H30ClN3O5S. The number of methoxy groups -OCH3 is 2. The van der Waals surface area contributed by atoms with Gasteiger partial charge >= 0.3 is 0 Å². The molecular weight excluding hydrogens is 586 g/mol. The first kappa shape index (κ1) is 31.2. The van der Waals surface area contributed by atoms with Gasteiger partial charge in [0.25, 0.3) is 11.8 Å². The summed E-state index contributed by atoms with van der Waals surface area (Å²) in [6, 6.07) is 26.2. The van der Waals surface area contributed by atoms with E-state index in [0.29, 0.717) is 39.0 Å². The second kappa shape index (κ2) is 14.9. The number of rotatable bonds is 11. The molecule has 0 heterocycles. The van der Waals surface area contributed by atoms with Gasteiger partial charge in [-0.2, -0.15) is 0 Å². The Bertz CT molecular complexity index is 1660. The highest BCUT2D eigenvalue weighted by molar-refractivity contribution is 8.00. The summed E-state index contributed by atoms with van der Waals surface area (Å²) in [6.45, 7) is 1.89.